The van der Waals surface area contributed by atoms with Crippen LogP contribution in [0.5, 0.6) is 0 Å². The first-order chi connectivity index (χ1) is 7.35. The first-order valence-corrected chi connectivity index (χ1v) is 7.26. The van der Waals surface area contributed by atoms with Crippen molar-refractivity contribution in [1.29, 1.82) is 0 Å². The summed E-state index contributed by atoms with van der Waals surface area (Å²) < 4.78 is -0.755. The maximum atomic E-state index is 6.23. The second-order valence-corrected chi connectivity index (χ2v) is 7.12. The molecule has 0 bridgehead atoms. The predicted octanol–water partition coefficient (Wildman–Crippen LogP) is 4.58. The van der Waals surface area contributed by atoms with E-state index in [0.717, 1.165) is 12.3 Å². The van der Waals surface area contributed by atoms with Crippen molar-refractivity contribution < 1.29 is 0 Å². The van der Waals surface area contributed by atoms with Gasteiger partial charge in [0.05, 0.1) is 0 Å². The second kappa shape index (κ2) is 5.93. The molecule has 0 amide bonds. The minimum atomic E-state index is -0.755. The maximum Gasteiger partial charge on any atom is 0.168 e. The molecule has 96 valence electrons. The lowest BCUT2D eigenvalue weighted by Gasteiger charge is -2.40. The molecule has 1 N–H and O–H groups in total. The Morgan fingerprint density at radius 2 is 1.94 bits per heavy atom. The van der Waals surface area contributed by atoms with Gasteiger partial charge in [0.2, 0.25) is 0 Å². The van der Waals surface area contributed by atoms with Gasteiger partial charge in [-0.15, -0.1) is 0 Å². The van der Waals surface area contributed by atoms with Gasteiger partial charge in [0, 0.05) is 6.04 Å². The topological polar surface area (TPSA) is 12.0 Å². The lowest BCUT2D eigenvalue weighted by atomic mass is 9.74. The fraction of sp³-hybridized carbons (Fsp3) is 1.00. The van der Waals surface area contributed by atoms with Crippen LogP contribution in [0.2, 0.25) is 0 Å². The van der Waals surface area contributed by atoms with Crippen LogP contribution in [0.4, 0.5) is 0 Å². The highest BCUT2D eigenvalue weighted by Gasteiger charge is 2.35. The molecule has 1 rings (SSSR count). The summed E-state index contributed by atoms with van der Waals surface area (Å²) >= 11 is 12.5. The van der Waals surface area contributed by atoms with Crippen molar-refractivity contribution in [2.24, 2.45) is 17.8 Å². The van der Waals surface area contributed by atoms with Gasteiger partial charge >= 0.3 is 0 Å². The van der Waals surface area contributed by atoms with Crippen LogP contribution in [0.3, 0.4) is 0 Å². The zero-order chi connectivity index (χ0) is 12.3. The van der Waals surface area contributed by atoms with Crippen molar-refractivity contribution in [2.45, 2.75) is 63.9 Å². The van der Waals surface area contributed by atoms with Gasteiger partial charge in [-0.2, -0.15) is 0 Å². The van der Waals surface area contributed by atoms with Gasteiger partial charge in [0.25, 0.3) is 0 Å². The molecular formula is C13H25Cl2N. The third-order valence-corrected chi connectivity index (χ3v) is 4.62. The Morgan fingerprint density at radius 3 is 2.44 bits per heavy atom. The quantitative estimate of drug-likeness (QED) is 0.580. The minimum Gasteiger partial charge on any atom is -0.283 e. The highest BCUT2D eigenvalue weighted by Crippen LogP contribution is 2.36. The summed E-state index contributed by atoms with van der Waals surface area (Å²) in [5.41, 5.74) is 0. The van der Waals surface area contributed by atoms with Gasteiger partial charge in [-0.25, -0.2) is 0 Å². The van der Waals surface area contributed by atoms with Crippen LogP contribution >= 0.6 is 23.2 Å². The average molecular weight is 266 g/mol. The van der Waals surface area contributed by atoms with Gasteiger partial charge in [0.1, 0.15) is 0 Å². The summed E-state index contributed by atoms with van der Waals surface area (Å²) in [5, 5.41) is 3.44. The van der Waals surface area contributed by atoms with Crippen LogP contribution in [0.25, 0.3) is 0 Å². The molecule has 3 atom stereocenters. The van der Waals surface area contributed by atoms with Crippen LogP contribution in [-0.2, 0) is 0 Å². The lowest BCUT2D eigenvalue weighted by molar-refractivity contribution is 0.162. The number of rotatable bonds is 4. The Kier molecular flexibility index (Phi) is 5.41. The first kappa shape index (κ1) is 14.6. The van der Waals surface area contributed by atoms with Gasteiger partial charge in [-0.1, -0.05) is 57.3 Å². The molecule has 1 aliphatic carbocycles. The monoisotopic (exact) mass is 265 g/mol. The molecule has 1 aliphatic rings. The number of alkyl halides is 2. The molecule has 1 saturated carbocycles. The average Bonchev–Trinajstić information content (AvgIpc) is 2.16. The van der Waals surface area contributed by atoms with Crippen molar-refractivity contribution in [1.82, 2.24) is 5.32 Å². The zero-order valence-corrected chi connectivity index (χ0v) is 12.4. The molecule has 0 saturated heterocycles. The molecule has 3 unspecified atom stereocenters. The number of hydrogen-bond acceptors (Lipinski definition) is 1. The molecule has 16 heavy (non-hydrogen) atoms. The third-order valence-electron chi connectivity index (χ3n) is 3.86. The van der Waals surface area contributed by atoms with Crippen LogP contribution in [0.1, 0.15) is 53.4 Å². The van der Waals surface area contributed by atoms with E-state index < -0.39 is 4.46 Å². The summed E-state index contributed by atoms with van der Waals surface area (Å²) in [5.74, 6) is 2.19. The van der Waals surface area contributed by atoms with Crippen molar-refractivity contribution in [3.63, 3.8) is 0 Å². The molecule has 0 aromatic carbocycles. The number of hydrogen-bond donors (Lipinski definition) is 1. The van der Waals surface area contributed by atoms with Crippen molar-refractivity contribution in [3.8, 4) is 0 Å². The zero-order valence-electron chi connectivity index (χ0n) is 10.9. The Balaban J connectivity index is 2.64. The highest BCUT2D eigenvalue weighted by molar-refractivity contribution is 6.48. The van der Waals surface area contributed by atoms with E-state index in [1.807, 2.05) is 6.92 Å². The SMILES string of the molecule is CCC(Cl)(Cl)NC1CC(C)CCC1C(C)C. The molecule has 1 fully saturated rings. The van der Waals surface area contributed by atoms with Crippen LogP contribution in [0.15, 0.2) is 0 Å². The van der Waals surface area contributed by atoms with Gasteiger partial charge < -0.3 is 0 Å². The second-order valence-electron chi connectivity index (χ2n) is 5.63. The lowest BCUT2D eigenvalue weighted by Crippen LogP contribution is -2.49. The molecule has 0 aromatic rings. The maximum absolute atomic E-state index is 6.23. The normalized spacial score (nSPS) is 32.1. The van der Waals surface area contributed by atoms with Gasteiger partial charge in [-0.05, 0) is 37.0 Å². The van der Waals surface area contributed by atoms with Crippen molar-refractivity contribution in [2.75, 3.05) is 0 Å². The van der Waals surface area contributed by atoms with E-state index in [9.17, 15) is 0 Å². The molecule has 0 spiro atoms. The van der Waals surface area contributed by atoms with E-state index >= 15 is 0 Å². The summed E-state index contributed by atoms with van der Waals surface area (Å²) in [6.07, 6.45) is 4.57. The van der Waals surface area contributed by atoms with E-state index in [-0.39, 0.29) is 0 Å². The Hall–Kier alpha value is 0.540. The fourth-order valence-corrected chi connectivity index (χ4v) is 3.02. The fourth-order valence-electron chi connectivity index (χ4n) is 2.74. The largest absolute Gasteiger partial charge is 0.283 e. The van der Waals surface area contributed by atoms with Crippen molar-refractivity contribution >= 4 is 23.2 Å². The Bertz CT molecular complexity index is 216. The third kappa shape index (κ3) is 4.09. The molecular weight excluding hydrogens is 241 g/mol. The van der Waals surface area contributed by atoms with E-state index in [1.54, 1.807) is 0 Å². The summed E-state index contributed by atoms with van der Waals surface area (Å²) in [7, 11) is 0. The van der Waals surface area contributed by atoms with Crippen LogP contribution < -0.4 is 5.32 Å². The Labute approximate surface area is 110 Å². The number of halogens is 2. The van der Waals surface area contributed by atoms with E-state index in [2.05, 4.69) is 26.1 Å². The molecule has 0 heterocycles. The first-order valence-electron chi connectivity index (χ1n) is 6.51. The molecule has 1 nitrogen and oxygen atoms in total. The summed E-state index contributed by atoms with van der Waals surface area (Å²) in [6, 6.07) is 0.471. The highest BCUT2D eigenvalue weighted by atomic mass is 35.5. The molecule has 0 aromatic heterocycles. The molecule has 0 aliphatic heterocycles. The van der Waals surface area contributed by atoms with Gasteiger partial charge in [-0.3, -0.25) is 5.32 Å². The predicted molar refractivity (Wildman–Crippen MR) is 73.0 cm³/mol. The standard InChI is InChI=1S/C13H25Cl2N/c1-5-13(14,15)16-12-8-10(4)6-7-11(12)9(2)3/h9-12,16H,5-8H2,1-4H3. The van der Waals surface area contributed by atoms with Gasteiger partial charge in [0.15, 0.2) is 4.46 Å². The van der Waals surface area contributed by atoms with Crippen molar-refractivity contribution in [3.05, 3.63) is 0 Å². The van der Waals surface area contributed by atoms with E-state index in [1.165, 1.54) is 19.3 Å². The minimum absolute atomic E-state index is 0.471. The smallest absolute Gasteiger partial charge is 0.168 e. The van der Waals surface area contributed by atoms with E-state index in [4.69, 9.17) is 23.2 Å². The number of nitrogens with one attached hydrogen (secondary N) is 1. The molecule has 3 heteroatoms. The summed E-state index contributed by atoms with van der Waals surface area (Å²) in [6.45, 7) is 8.93. The summed E-state index contributed by atoms with van der Waals surface area (Å²) in [4.78, 5) is 0. The van der Waals surface area contributed by atoms with E-state index in [0.29, 0.717) is 17.9 Å². The van der Waals surface area contributed by atoms with Crippen LogP contribution in [-0.4, -0.2) is 10.5 Å². The van der Waals surface area contributed by atoms with Crippen LogP contribution in [0, 0.1) is 17.8 Å². The Morgan fingerprint density at radius 1 is 1.31 bits per heavy atom. The molecule has 0 radical (unpaired) electrons.